The molecule has 0 saturated carbocycles. The van der Waals surface area contributed by atoms with E-state index < -0.39 is 9.28 Å². The van der Waals surface area contributed by atoms with Crippen LogP contribution in [0.15, 0.2) is 0 Å². The van der Waals surface area contributed by atoms with Crippen molar-refractivity contribution in [3.63, 3.8) is 0 Å². The van der Waals surface area contributed by atoms with E-state index >= 15 is 0 Å². The van der Waals surface area contributed by atoms with Gasteiger partial charge in [0.2, 0.25) is 0 Å². The molecule has 1 atom stereocenters. The van der Waals surface area contributed by atoms with Crippen LogP contribution in [0.25, 0.3) is 0 Å². The maximum absolute atomic E-state index is 3.57. The van der Waals surface area contributed by atoms with Crippen molar-refractivity contribution < 1.29 is 0 Å². The molecule has 0 aliphatic rings. The molecule has 12 heavy (non-hydrogen) atoms. The summed E-state index contributed by atoms with van der Waals surface area (Å²) < 4.78 is 4.88. The fourth-order valence-electron chi connectivity index (χ4n) is 1.39. The first kappa shape index (κ1) is 12.1. The Balaban J connectivity index is 4.05. The zero-order valence-electron chi connectivity index (χ0n) is 9.09. The third-order valence-corrected chi connectivity index (χ3v) is 5.21. The van der Waals surface area contributed by atoms with E-state index in [0.717, 1.165) is 19.6 Å². The van der Waals surface area contributed by atoms with Crippen molar-refractivity contribution in [2.24, 2.45) is 0 Å². The van der Waals surface area contributed by atoms with Gasteiger partial charge in [-0.05, 0) is 33.7 Å². The molecule has 0 aliphatic heterocycles. The zero-order valence-corrected chi connectivity index (χ0v) is 10.2. The van der Waals surface area contributed by atoms with Crippen molar-refractivity contribution in [3.8, 4) is 0 Å². The lowest BCUT2D eigenvalue weighted by Gasteiger charge is -2.32. The molecule has 0 rings (SSSR count). The molecule has 0 saturated heterocycles. The van der Waals surface area contributed by atoms with E-state index in [9.17, 15) is 0 Å². The summed E-state index contributed by atoms with van der Waals surface area (Å²) in [7, 11) is 3.32. The number of hydrogen-bond donors (Lipinski definition) is 1. The summed E-state index contributed by atoms with van der Waals surface area (Å²) in [6.45, 7) is 10.0. The molecule has 1 N–H and O–H groups in total. The number of nitrogens with zero attached hydrogens (tertiary/aromatic N) is 2. The lowest BCUT2D eigenvalue weighted by atomic mass is 10.7. The molecule has 1 unspecified atom stereocenters. The second kappa shape index (κ2) is 6.60. The topological polar surface area (TPSA) is 18.5 Å². The molecule has 0 spiro atoms. The fraction of sp³-hybridized carbons (Fsp3) is 1.00. The van der Waals surface area contributed by atoms with Gasteiger partial charge in [0.25, 0.3) is 9.28 Å². The third kappa shape index (κ3) is 3.67. The summed E-state index contributed by atoms with van der Waals surface area (Å²) in [5.74, 6) is 0. The maximum atomic E-state index is 3.57. The van der Waals surface area contributed by atoms with Crippen LogP contribution in [0.2, 0.25) is 0 Å². The molecule has 4 heteroatoms. The highest BCUT2D eigenvalue weighted by Crippen LogP contribution is 1.93. The molecule has 0 aromatic rings. The van der Waals surface area contributed by atoms with Crippen LogP contribution in [0.1, 0.15) is 20.8 Å². The average molecular weight is 189 g/mol. The minimum atomic E-state index is -1.01. The van der Waals surface area contributed by atoms with Gasteiger partial charge in [-0.25, -0.2) is 0 Å². The quantitative estimate of drug-likeness (QED) is 0.603. The van der Waals surface area contributed by atoms with Crippen LogP contribution in [0.3, 0.4) is 0 Å². The van der Waals surface area contributed by atoms with Crippen LogP contribution in [0.4, 0.5) is 0 Å². The molecule has 0 aliphatic carbocycles. The van der Waals surface area contributed by atoms with Crippen molar-refractivity contribution in [1.29, 1.82) is 0 Å². The number of hydrogen-bond acceptors (Lipinski definition) is 3. The summed E-state index contributed by atoms with van der Waals surface area (Å²) >= 11 is 0. The monoisotopic (exact) mass is 189 g/mol. The molecule has 74 valence electrons. The van der Waals surface area contributed by atoms with Crippen molar-refractivity contribution in [3.05, 3.63) is 0 Å². The lowest BCUT2D eigenvalue weighted by Crippen LogP contribution is -2.59. The highest BCUT2D eigenvalue weighted by Gasteiger charge is 2.18. The Morgan fingerprint density at radius 3 is 1.83 bits per heavy atom. The van der Waals surface area contributed by atoms with E-state index in [-0.39, 0.29) is 0 Å². The van der Waals surface area contributed by atoms with E-state index in [1.165, 1.54) is 0 Å². The summed E-state index contributed by atoms with van der Waals surface area (Å²) in [5, 5.41) is 0. The van der Waals surface area contributed by atoms with Crippen molar-refractivity contribution >= 4 is 9.28 Å². The molecule has 0 heterocycles. The summed E-state index contributed by atoms with van der Waals surface area (Å²) in [5.41, 5.74) is 0. The van der Waals surface area contributed by atoms with Gasteiger partial charge in [-0.2, -0.15) is 0 Å². The van der Waals surface area contributed by atoms with E-state index in [0.29, 0.717) is 0 Å². The summed E-state index contributed by atoms with van der Waals surface area (Å²) in [6.07, 6.45) is 0. The predicted octanol–water partition coefficient (Wildman–Crippen LogP) is 0.216. The van der Waals surface area contributed by atoms with Crippen LogP contribution < -0.4 is 4.98 Å². The van der Waals surface area contributed by atoms with Gasteiger partial charge in [-0.3, -0.25) is 0 Å². The van der Waals surface area contributed by atoms with Gasteiger partial charge < -0.3 is 14.1 Å². The highest BCUT2D eigenvalue weighted by molar-refractivity contribution is 6.49. The SMILES string of the molecule is CCN[SiH](N(C)C)N(CC)CC. The van der Waals surface area contributed by atoms with Crippen LogP contribution in [-0.2, 0) is 0 Å². The second-order valence-electron chi connectivity index (χ2n) is 3.12. The molecule has 0 aromatic carbocycles. The molecule has 0 fully saturated rings. The molecular formula is C8H23N3Si. The van der Waals surface area contributed by atoms with Gasteiger partial charge in [0.15, 0.2) is 0 Å². The average Bonchev–Trinajstić information content (AvgIpc) is 2.05. The second-order valence-corrected chi connectivity index (χ2v) is 6.03. The van der Waals surface area contributed by atoms with Gasteiger partial charge in [0.1, 0.15) is 0 Å². The van der Waals surface area contributed by atoms with Gasteiger partial charge >= 0.3 is 0 Å². The van der Waals surface area contributed by atoms with Crippen LogP contribution in [0.5, 0.6) is 0 Å². The number of nitrogens with one attached hydrogen (secondary N) is 1. The van der Waals surface area contributed by atoms with E-state index in [1.54, 1.807) is 0 Å². The Morgan fingerprint density at radius 1 is 1.08 bits per heavy atom. The Bertz CT molecular complexity index is 104. The van der Waals surface area contributed by atoms with Crippen LogP contribution >= 0.6 is 0 Å². The van der Waals surface area contributed by atoms with Gasteiger partial charge in [-0.1, -0.05) is 20.8 Å². The Labute approximate surface area is 78.6 Å². The van der Waals surface area contributed by atoms with Crippen molar-refractivity contribution in [1.82, 2.24) is 14.1 Å². The maximum Gasteiger partial charge on any atom is 0.269 e. The van der Waals surface area contributed by atoms with E-state index in [1.807, 2.05) is 0 Å². The summed E-state index contributed by atoms with van der Waals surface area (Å²) in [6, 6.07) is 0. The van der Waals surface area contributed by atoms with E-state index in [4.69, 9.17) is 0 Å². The normalized spacial score (nSPS) is 14.2. The summed E-state index contributed by atoms with van der Waals surface area (Å²) in [4.78, 5) is 3.57. The molecule has 0 bridgehead atoms. The minimum absolute atomic E-state index is 1.01. The van der Waals surface area contributed by atoms with Crippen molar-refractivity contribution in [2.75, 3.05) is 33.7 Å². The Hall–Kier alpha value is 0.0969. The first-order valence-electron chi connectivity index (χ1n) is 4.81. The largest absolute Gasteiger partial charge is 0.316 e. The first-order valence-corrected chi connectivity index (χ1v) is 6.42. The molecule has 0 aromatic heterocycles. The van der Waals surface area contributed by atoms with E-state index in [2.05, 4.69) is 49.0 Å². The zero-order chi connectivity index (χ0) is 9.56. The smallest absolute Gasteiger partial charge is 0.269 e. The highest BCUT2D eigenvalue weighted by atomic mass is 28.3. The van der Waals surface area contributed by atoms with Gasteiger partial charge in [-0.15, -0.1) is 0 Å². The van der Waals surface area contributed by atoms with Crippen LogP contribution in [0, 0.1) is 0 Å². The Kier molecular flexibility index (Phi) is 6.65. The van der Waals surface area contributed by atoms with Crippen molar-refractivity contribution in [2.45, 2.75) is 20.8 Å². The van der Waals surface area contributed by atoms with Gasteiger partial charge in [0.05, 0.1) is 0 Å². The Morgan fingerprint density at radius 2 is 1.58 bits per heavy atom. The predicted molar refractivity (Wildman–Crippen MR) is 57.4 cm³/mol. The molecule has 0 amide bonds. The lowest BCUT2D eigenvalue weighted by molar-refractivity contribution is 0.410. The van der Waals surface area contributed by atoms with Gasteiger partial charge in [0, 0.05) is 0 Å². The minimum Gasteiger partial charge on any atom is -0.316 e. The number of rotatable bonds is 6. The molecule has 0 radical (unpaired) electrons. The van der Waals surface area contributed by atoms with Crippen LogP contribution in [-0.4, -0.2) is 52.1 Å². The standard InChI is InChI=1S/C8H23N3Si/c1-6-9-12(10(4)5)11(7-2)8-3/h9,12H,6-8H2,1-5H3. The molecular weight excluding hydrogens is 166 g/mol. The first-order chi connectivity index (χ1) is 5.67. The fourth-order valence-corrected chi connectivity index (χ4v) is 3.72. The molecule has 3 nitrogen and oxygen atoms in total. The third-order valence-electron chi connectivity index (χ3n) is 2.03.